The molecule has 4 nitrogen and oxygen atoms in total. The van der Waals surface area contributed by atoms with Crippen LogP contribution in [-0.2, 0) is 9.53 Å². The van der Waals surface area contributed by atoms with Crippen molar-refractivity contribution < 1.29 is 14.3 Å². The van der Waals surface area contributed by atoms with E-state index in [1.165, 1.54) is 25.7 Å². The Bertz CT molecular complexity index is 360. The summed E-state index contributed by atoms with van der Waals surface area (Å²) in [5.74, 6) is 0.338. The summed E-state index contributed by atoms with van der Waals surface area (Å²) in [5.41, 5.74) is -0.475. The maximum atomic E-state index is 12.2. The molecule has 0 aromatic rings. The van der Waals surface area contributed by atoms with E-state index in [0.29, 0.717) is 25.3 Å². The first-order valence-corrected chi connectivity index (χ1v) is 8.84. The van der Waals surface area contributed by atoms with Crippen molar-refractivity contribution >= 4 is 11.9 Å². The number of likely N-dealkylation sites (tertiary alicyclic amines) is 1. The second-order valence-electron chi connectivity index (χ2n) is 7.40. The van der Waals surface area contributed by atoms with E-state index in [-0.39, 0.29) is 12.0 Å². The van der Waals surface area contributed by atoms with Gasteiger partial charge in [-0.2, -0.15) is 0 Å². The van der Waals surface area contributed by atoms with Crippen molar-refractivity contribution in [2.45, 2.75) is 84.7 Å². The zero-order valence-electron chi connectivity index (χ0n) is 14.8. The fourth-order valence-electron chi connectivity index (χ4n) is 2.80. The predicted octanol–water partition coefficient (Wildman–Crippen LogP) is 4.56. The number of ketones is 1. The second-order valence-corrected chi connectivity index (χ2v) is 7.40. The van der Waals surface area contributed by atoms with Gasteiger partial charge in [0.25, 0.3) is 0 Å². The van der Waals surface area contributed by atoms with E-state index in [1.807, 2.05) is 20.8 Å². The summed E-state index contributed by atoms with van der Waals surface area (Å²) < 4.78 is 5.36. The van der Waals surface area contributed by atoms with Gasteiger partial charge in [0.15, 0.2) is 0 Å². The van der Waals surface area contributed by atoms with Gasteiger partial charge in [-0.25, -0.2) is 4.79 Å². The number of unbranched alkanes of at least 4 members (excludes halogenated alkanes) is 5. The van der Waals surface area contributed by atoms with Crippen molar-refractivity contribution in [3.63, 3.8) is 0 Å². The van der Waals surface area contributed by atoms with E-state index in [1.54, 1.807) is 4.90 Å². The molecule has 4 heteroatoms. The molecule has 1 rings (SSSR count). The summed E-state index contributed by atoms with van der Waals surface area (Å²) in [6, 6.07) is 0. The molecular formula is C18H33NO3. The molecule has 0 radical (unpaired) electrons. The Morgan fingerprint density at radius 1 is 1.09 bits per heavy atom. The summed E-state index contributed by atoms with van der Waals surface area (Å²) in [5, 5.41) is 0. The van der Waals surface area contributed by atoms with E-state index < -0.39 is 5.60 Å². The van der Waals surface area contributed by atoms with Gasteiger partial charge >= 0.3 is 6.09 Å². The van der Waals surface area contributed by atoms with Gasteiger partial charge in [0.05, 0.1) is 0 Å². The van der Waals surface area contributed by atoms with Crippen LogP contribution >= 0.6 is 0 Å². The number of carbonyl (C=O) groups is 2. The van der Waals surface area contributed by atoms with Crippen LogP contribution in [0.2, 0.25) is 0 Å². The first kappa shape index (κ1) is 19.0. The minimum absolute atomic E-state index is 0.0168. The van der Waals surface area contributed by atoms with E-state index in [9.17, 15) is 9.59 Å². The number of carbonyl (C=O) groups excluding carboxylic acids is 2. The average molecular weight is 311 g/mol. The van der Waals surface area contributed by atoms with Crippen molar-refractivity contribution in [2.24, 2.45) is 5.92 Å². The maximum absolute atomic E-state index is 12.2. The summed E-state index contributed by atoms with van der Waals surface area (Å²) in [6.07, 6.45) is 8.36. The first-order valence-electron chi connectivity index (χ1n) is 8.84. The molecule has 1 unspecified atom stereocenters. The van der Waals surface area contributed by atoms with Crippen LogP contribution in [0.25, 0.3) is 0 Å². The molecule has 1 saturated heterocycles. The lowest BCUT2D eigenvalue weighted by molar-refractivity contribution is -0.122. The van der Waals surface area contributed by atoms with Crippen molar-refractivity contribution in [3.05, 3.63) is 0 Å². The van der Waals surface area contributed by atoms with Crippen LogP contribution in [-0.4, -0.2) is 35.5 Å². The molecule has 128 valence electrons. The molecule has 0 saturated carbocycles. The van der Waals surface area contributed by atoms with Gasteiger partial charge < -0.3 is 9.64 Å². The molecular weight excluding hydrogens is 278 g/mol. The summed E-state index contributed by atoms with van der Waals surface area (Å²) in [7, 11) is 0. The van der Waals surface area contributed by atoms with E-state index in [4.69, 9.17) is 4.74 Å². The largest absolute Gasteiger partial charge is 0.444 e. The van der Waals surface area contributed by atoms with Gasteiger partial charge in [-0.15, -0.1) is 0 Å². The van der Waals surface area contributed by atoms with Crippen molar-refractivity contribution in [2.75, 3.05) is 13.1 Å². The first-order chi connectivity index (χ1) is 10.3. The van der Waals surface area contributed by atoms with Crippen LogP contribution in [0.15, 0.2) is 0 Å². The second kappa shape index (κ2) is 9.16. The molecule has 1 aliphatic heterocycles. The quantitative estimate of drug-likeness (QED) is 0.617. The minimum Gasteiger partial charge on any atom is -0.444 e. The summed E-state index contributed by atoms with van der Waals surface area (Å²) in [4.78, 5) is 25.9. The van der Waals surface area contributed by atoms with Crippen LogP contribution in [0.1, 0.15) is 79.1 Å². The number of hydrogen-bond acceptors (Lipinski definition) is 3. The molecule has 0 bridgehead atoms. The predicted molar refractivity (Wildman–Crippen MR) is 88.9 cm³/mol. The number of rotatable bonds is 8. The van der Waals surface area contributed by atoms with Crippen molar-refractivity contribution in [3.8, 4) is 0 Å². The maximum Gasteiger partial charge on any atom is 0.410 e. The van der Waals surface area contributed by atoms with Crippen molar-refractivity contribution in [1.82, 2.24) is 4.90 Å². The summed E-state index contributed by atoms with van der Waals surface area (Å²) in [6.45, 7) is 8.97. The Labute approximate surface area is 135 Å². The molecule has 1 aliphatic rings. The third-order valence-electron chi connectivity index (χ3n) is 4.07. The van der Waals surface area contributed by atoms with Crippen LogP contribution in [0.3, 0.4) is 0 Å². The van der Waals surface area contributed by atoms with Gasteiger partial charge in [-0.1, -0.05) is 39.0 Å². The van der Waals surface area contributed by atoms with Crippen LogP contribution < -0.4 is 0 Å². The van der Waals surface area contributed by atoms with Crippen LogP contribution in [0, 0.1) is 5.92 Å². The summed E-state index contributed by atoms with van der Waals surface area (Å²) >= 11 is 0. The molecule has 0 aliphatic carbocycles. The molecule has 0 N–H and O–H groups in total. The number of nitrogens with zero attached hydrogens (tertiary/aromatic N) is 1. The Balaban J connectivity index is 2.22. The third-order valence-corrected chi connectivity index (χ3v) is 4.07. The molecule has 1 fully saturated rings. The van der Waals surface area contributed by atoms with Crippen LogP contribution in [0.4, 0.5) is 4.79 Å². The number of ether oxygens (including phenoxy) is 1. The molecule has 22 heavy (non-hydrogen) atoms. The van der Waals surface area contributed by atoms with Gasteiger partial charge in [0, 0.05) is 25.4 Å². The number of amides is 1. The highest BCUT2D eigenvalue weighted by atomic mass is 16.6. The van der Waals surface area contributed by atoms with E-state index in [2.05, 4.69) is 6.92 Å². The van der Waals surface area contributed by atoms with Crippen molar-refractivity contribution in [1.29, 1.82) is 0 Å². The normalized spacial score (nSPS) is 18.5. The minimum atomic E-state index is -0.475. The van der Waals surface area contributed by atoms with Crippen LogP contribution in [0.5, 0.6) is 0 Å². The van der Waals surface area contributed by atoms with Gasteiger partial charge in [-0.05, 0) is 33.6 Å². The zero-order chi connectivity index (χ0) is 16.6. The van der Waals surface area contributed by atoms with Gasteiger partial charge in [-0.3, -0.25) is 4.79 Å². The molecule has 1 amide bonds. The SMILES string of the molecule is CCCCCCCCC(=O)C1CCN(C(=O)OC(C)(C)C)C1. The molecule has 0 aromatic carbocycles. The third kappa shape index (κ3) is 7.28. The Morgan fingerprint density at radius 2 is 1.73 bits per heavy atom. The molecule has 1 heterocycles. The zero-order valence-corrected chi connectivity index (χ0v) is 14.8. The smallest absolute Gasteiger partial charge is 0.410 e. The average Bonchev–Trinajstić information content (AvgIpc) is 2.90. The lowest BCUT2D eigenvalue weighted by Crippen LogP contribution is -2.35. The topological polar surface area (TPSA) is 46.6 Å². The lowest BCUT2D eigenvalue weighted by Gasteiger charge is -2.24. The highest BCUT2D eigenvalue weighted by Crippen LogP contribution is 2.22. The number of hydrogen-bond donors (Lipinski definition) is 0. The number of Topliss-reactive ketones (excluding diaryl/α,β-unsaturated/α-hetero) is 1. The van der Waals surface area contributed by atoms with E-state index >= 15 is 0 Å². The van der Waals surface area contributed by atoms with Gasteiger partial charge in [0.1, 0.15) is 11.4 Å². The fraction of sp³-hybridized carbons (Fsp3) is 0.889. The highest BCUT2D eigenvalue weighted by Gasteiger charge is 2.32. The Morgan fingerprint density at radius 3 is 2.36 bits per heavy atom. The lowest BCUT2D eigenvalue weighted by atomic mass is 9.98. The monoisotopic (exact) mass is 311 g/mol. The van der Waals surface area contributed by atoms with E-state index in [0.717, 1.165) is 19.3 Å². The highest BCUT2D eigenvalue weighted by molar-refractivity contribution is 5.82. The molecule has 0 aromatic heterocycles. The fourth-order valence-corrected chi connectivity index (χ4v) is 2.80. The molecule has 1 atom stereocenters. The van der Waals surface area contributed by atoms with Gasteiger partial charge in [0.2, 0.25) is 0 Å². The molecule has 0 spiro atoms. The Kier molecular flexibility index (Phi) is 7.91. The Hall–Kier alpha value is -1.06. The standard InChI is InChI=1S/C18H33NO3/c1-5-6-7-8-9-10-11-16(20)15-12-13-19(14-15)17(21)22-18(2,3)4/h15H,5-14H2,1-4H3.